The van der Waals surface area contributed by atoms with Crippen molar-refractivity contribution >= 4 is 5.84 Å². The van der Waals surface area contributed by atoms with E-state index in [1.54, 1.807) is 7.05 Å². The van der Waals surface area contributed by atoms with E-state index in [-0.39, 0.29) is 0 Å². The number of nitrogens with one attached hydrogen (secondary N) is 1. The smallest absolute Gasteiger partial charge is 0.156 e. The second-order valence-corrected chi connectivity index (χ2v) is 2.60. The maximum Gasteiger partial charge on any atom is 0.156 e. The predicted octanol–water partition coefficient (Wildman–Crippen LogP) is 2.15. The van der Waals surface area contributed by atoms with Crippen molar-refractivity contribution in [2.45, 2.75) is 34.2 Å². The summed E-state index contributed by atoms with van der Waals surface area (Å²) in [5.74, 6) is 1.72. The summed E-state index contributed by atoms with van der Waals surface area (Å²) in [5.41, 5.74) is 0.901. The van der Waals surface area contributed by atoms with E-state index < -0.39 is 0 Å². The molecule has 14 heavy (non-hydrogen) atoms. The first-order valence-electron chi connectivity index (χ1n) is 4.82. The lowest BCUT2D eigenvalue weighted by atomic mass is 10.4. The van der Waals surface area contributed by atoms with Crippen LogP contribution in [0.2, 0.25) is 0 Å². The summed E-state index contributed by atoms with van der Waals surface area (Å²) < 4.78 is 4.99. The molecule has 0 unspecified atom stereocenters. The zero-order chi connectivity index (χ0) is 11.0. The van der Waals surface area contributed by atoms with Crippen LogP contribution in [-0.2, 0) is 6.54 Å². The molecule has 80 valence electrons. The molecule has 1 rings (SSSR count). The van der Waals surface area contributed by atoms with Gasteiger partial charge in [0.25, 0.3) is 0 Å². The van der Waals surface area contributed by atoms with Gasteiger partial charge in [-0.1, -0.05) is 19.0 Å². The Labute approximate surface area is 85.4 Å². The Morgan fingerprint density at radius 2 is 2.21 bits per heavy atom. The second kappa shape index (κ2) is 7.12. The number of amidine groups is 1. The fraction of sp³-hybridized carbons (Fsp3) is 0.600. The largest absolute Gasteiger partial charge is 0.367 e. The fourth-order valence-corrected chi connectivity index (χ4v) is 0.794. The minimum Gasteiger partial charge on any atom is -0.367 e. The monoisotopic (exact) mass is 197 g/mol. The van der Waals surface area contributed by atoms with Crippen molar-refractivity contribution in [3.63, 3.8) is 0 Å². The van der Waals surface area contributed by atoms with Gasteiger partial charge in [-0.15, -0.1) is 0 Å². The highest BCUT2D eigenvalue weighted by molar-refractivity contribution is 5.79. The average molecular weight is 197 g/mol. The van der Waals surface area contributed by atoms with Gasteiger partial charge in [-0.25, -0.2) is 0 Å². The Morgan fingerprint density at radius 3 is 2.64 bits per heavy atom. The average Bonchev–Trinajstić information content (AvgIpc) is 2.64. The first kappa shape index (κ1) is 12.7. The Hall–Kier alpha value is -1.32. The van der Waals surface area contributed by atoms with Crippen LogP contribution in [0.1, 0.15) is 32.2 Å². The predicted molar refractivity (Wildman–Crippen MR) is 58.5 cm³/mol. The van der Waals surface area contributed by atoms with E-state index >= 15 is 0 Å². The van der Waals surface area contributed by atoms with Gasteiger partial charge in [0.15, 0.2) is 5.76 Å². The molecule has 0 fully saturated rings. The Kier molecular flexibility index (Phi) is 6.45. The van der Waals surface area contributed by atoms with Gasteiger partial charge in [-0.05, 0) is 13.8 Å². The minimum absolute atomic E-state index is 0.643. The molecule has 0 aromatic carbocycles. The minimum atomic E-state index is 0.643. The molecule has 0 amide bonds. The SMILES string of the molecule is CC.CN=C(C)NCc1cc(C)no1. The first-order chi connectivity index (χ1) is 6.72. The highest BCUT2D eigenvalue weighted by atomic mass is 16.5. The van der Waals surface area contributed by atoms with Crippen molar-refractivity contribution in [2.75, 3.05) is 7.05 Å². The molecule has 0 aliphatic carbocycles. The number of aryl methyl sites for hydroxylation is 1. The lowest BCUT2D eigenvalue weighted by Gasteiger charge is -1.99. The summed E-state index contributed by atoms with van der Waals surface area (Å²) >= 11 is 0. The molecule has 4 nitrogen and oxygen atoms in total. The topological polar surface area (TPSA) is 50.4 Å². The molecule has 0 aliphatic heterocycles. The van der Waals surface area contributed by atoms with E-state index in [1.165, 1.54) is 0 Å². The van der Waals surface area contributed by atoms with E-state index in [9.17, 15) is 0 Å². The number of aromatic nitrogens is 1. The van der Waals surface area contributed by atoms with Crippen molar-refractivity contribution in [1.29, 1.82) is 0 Å². The summed E-state index contributed by atoms with van der Waals surface area (Å²) in [4.78, 5) is 3.95. The molecule has 1 aromatic rings. The van der Waals surface area contributed by atoms with Crippen LogP contribution >= 0.6 is 0 Å². The lowest BCUT2D eigenvalue weighted by Crippen LogP contribution is -2.18. The normalized spacial score (nSPS) is 10.5. The third-order valence-corrected chi connectivity index (χ3v) is 1.53. The van der Waals surface area contributed by atoms with E-state index in [1.807, 2.05) is 33.8 Å². The number of hydrogen-bond donors (Lipinski definition) is 1. The highest BCUT2D eigenvalue weighted by Crippen LogP contribution is 2.00. The van der Waals surface area contributed by atoms with Crippen molar-refractivity contribution in [2.24, 2.45) is 4.99 Å². The Morgan fingerprint density at radius 1 is 1.57 bits per heavy atom. The van der Waals surface area contributed by atoms with Crippen LogP contribution in [-0.4, -0.2) is 18.0 Å². The van der Waals surface area contributed by atoms with Crippen LogP contribution in [0.4, 0.5) is 0 Å². The second-order valence-electron chi connectivity index (χ2n) is 2.60. The lowest BCUT2D eigenvalue weighted by molar-refractivity contribution is 0.377. The van der Waals surface area contributed by atoms with Gasteiger partial charge in [0.05, 0.1) is 18.1 Å². The summed E-state index contributed by atoms with van der Waals surface area (Å²) in [6.07, 6.45) is 0. The van der Waals surface area contributed by atoms with Crippen molar-refractivity contribution in [3.8, 4) is 0 Å². The third-order valence-electron chi connectivity index (χ3n) is 1.53. The van der Waals surface area contributed by atoms with Crippen LogP contribution in [0.25, 0.3) is 0 Å². The van der Waals surface area contributed by atoms with E-state index in [0.29, 0.717) is 6.54 Å². The number of hydrogen-bond acceptors (Lipinski definition) is 3. The first-order valence-corrected chi connectivity index (χ1v) is 4.82. The Balaban J connectivity index is 0.000000791. The molecule has 1 aromatic heterocycles. The summed E-state index contributed by atoms with van der Waals surface area (Å²) in [7, 11) is 1.74. The number of rotatable bonds is 2. The highest BCUT2D eigenvalue weighted by Gasteiger charge is 1.98. The van der Waals surface area contributed by atoms with Crippen molar-refractivity contribution in [3.05, 3.63) is 17.5 Å². The van der Waals surface area contributed by atoms with Gasteiger partial charge in [0, 0.05) is 13.1 Å². The van der Waals surface area contributed by atoms with Gasteiger partial charge in [-0.2, -0.15) is 0 Å². The van der Waals surface area contributed by atoms with Gasteiger partial charge in [-0.3, -0.25) is 4.99 Å². The van der Waals surface area contributed by atoms with E-state index in [2.05, 4.69) is 15.5 Å². The molecule has 0 saturated heterocycles. The molecule has 0 atom stereocenters. The summed E-state index contributed by atoms with van der Waals surface area (Å²) in [6, 6.07) is 1.90. The third kappa shape index (κ3) is 4.64. The molecule has 0 radical (unpaired) electrons. The number of aliphatic imine (C=N–C) groups is 1. The standard InChI is InChI=1S/C8H13N3O.C2H6/c1-6-4-8(12-11-6)5-10-7(2)9-3;1-2/h4H,5H2,1-3H3,(H,9,10);1-2H3. The van der Waals surface area contributed by atoms with E-state index in [4.69, 9.17) is 4.52 Å². The molecule has 0 saturated carbocycles. The van der Waals surface area contributed by atoms with Crippen LogP contribution in [0.3, 0.4) is 0 Å². The van der Waals surface area contributed by atoms with Crippen LogP contribution in [0, 0.1) is 6.92 Å². The van der Waals surface area contributed by atoms with Crippen molar-refractivity contribution < 1.29 is 4.52 Å². The molecule has 1 N–H and O–H groups in total. The molecular weight excluding hydrogens is 178 g/mol. The number of nitrogens with zero attached hydrogens (tertiary/aromatic N) is 2. The van der Waals surface area contributed by atoms with Gasteiger partial charge >= 0.3 is 0 Å². The molecule has 1 heterocycles. The molecule has 4 heteroatoms. The van der Waals surface area contributed by atoms with Gasteiger partial charge in [0.2, 0.25) is 0 Å². The quantitative estimate of drug-likeness (QED) is 0.583. The molecule has 0 bridgehead atoms. The van der Waals surface area contributed by atoms with Gasteiger partial charge in [0.1, 0.15) is 0 Å². The van der Waals surface area contributed by atoms with E-state index in [0.717, 1.165) is 17.3 Å². The Bertz CT molecular complexity index is 279. The zero-order valence-corrected chi connectivity index (χ0v) is 9.59. The molecule has 0 aliphatic rings. The zero-order valence-electron chi connectivity index (χ0n) is 9.59. The summed E-state index contributed by atoms with van der Waals surface area (Å²) in [6.45, 7) is 8.45. The molecular formula is C10H19N3O. The fourth-order valence-electron chi connectivity index (χ4n) is 0.794. The molecule has 0 spiro atoms. The van der Waals surface area contributed by atoms with Crippen LogP contribution < -0.4 is 5.32 Å². The maximum atomic E-state index is 4.99. The maximum absolute atomic E-state index is 4.99. The van der Waals surface area contributed by atoms with Crippen molar-refractivity contribution in [1.82, 2.24) is 10.5 Å². The summed E-state index contributed by atoms with van der Waals surface area (Å²) in [5, 5.41) is 6.84. The van der Waals surface area contributed by atoms with Gasteiger partial charge < -0.3 is 9.84 Å². The van der Waals surface area contributed by atoms with Crippen LogP contribution in [0.5, 0.6) is 0 Å². The van der Waals surface area contributed by atoms with Crippen LogP contribution in [0.15, 0.2) is 15.6 Å².